The van der Waals surface area contributed by atoms with E-state index in [1.807, 2.05) is 0 Å². The monoisotopic (exact) mass is 262 g/mol. The number of carbonyl (C=O) groups excluding carboxylic acids is 2. The van der Waals surface area contributed by atoms with Crippen molar-refractivity contribution in [1.29, 1.82) is 0 Å². The van der Waals surface area contributed by atoms with Gasteiger partial charge in [0.2, 0.25) is 0 Å². The molecular formula is C13H14N2O4. The summed E-state index contributed by atoms with van der Waals surface area (Å²) in [6.45, 7) is 3.40. The van der Waals surface area contributed by atoms with Crippen molar-refractivity contribution in [2.45, 2.75) is 19.9 Å². The van der Waals surface area contributed by atoms with Gasteiger partial charge in [0.25, 0.3) is 11.8 Å². The second-order valence-corrected chi connectivity index (χ2v) is 4.68. The van der Waals surface area contributed by atoms with Crippen molar-refractivity contribution in [3.63, 3.8) is 0 Å². The molecule has 0 spiro atoms. The SMILES string of the molecule is CC(C)C(NN1C(=O)c2ccccc2C1=O)C(=O)O. The van der Waals surface area contributed by atoms with E-state index in [1.54, 1.807) is 38.1 Å². The Morgan fingerprint density at radius 1 is 1.16 bits per heavy atom. The van der Waals surface area contributed by atoms with Crippen LogP contribution in [0.4, 0.5) is 0 Å². The molecule has 0 aliphatic carbocycles. The summed E-state index contributed by atoms with van der Waals surface area (Å²) >= 11 is 0. The van der Waals surface area contributed by atoms with Crippen LogP contribution in [-0.4, -0.2) is 33.9 Å². The summed E-state index contributed by atoms with van der Waals surface area (Å²) in [5, 5.41) is 9.86. The number of carbonyl (C=O) groups is 3. The summed E-state index contributed by atoms with van der Waals surface area (Å²) in [6, 6.07) is 5.40. The van der Waals surface area contributed by atoms with Crippen molar-refractivity contribution in [3.8, 4) is 0 Å². The van der Waals surface area contributed by atoms with E-state index in [-0.39, 0.29) is 17.0 Å². The van der Waals surface area contributed by atoms with Gasteiger partial charge in [0, 0.05) is 0 Å². The molecule has 0 saturated carbocycles. The number of amides is 2. The number of nitrogens with zero attached hydrogens (tertiary/aromatic N) is 1. The maximum Gasteiger partial charge on any atom is 0.322 e. The van der Waals surface area contributed by atoms with Gasteiger partial charge in [-0.3, -0.25) is 14.4 Å². The smallest absolute Gasteiger partial charge is 0.322 e. The predicted molar refractivity (Wildman–Crippen MR) is 66.3 cm³/mol. The number of hydrogen-bond acceptors (Lipinski definition) is 4. The molecule has 2 rings (SSSR count). The summed E-state index contributed by atoms with van der Waals surface area (Å²) in [4.78, 5) is 35.2. The van der Waals surface area contributed by atoms with Crippen LogP contribution < -0.4 is 5.43 Å². The van der Waals surface area contributed by atoms with Gasteiger partial charge in [-0.05, 0) is 18.1 Å². The molecule has 0 saturated heterocycles. The van der Waals surface area contributed by atoms with Gasteiger partial charge in [0.1, 0.15) is 6.04 Å². The summed E-state index contributed by atoms with van der Waals surface area (Å²) in [5.74, 6) is -2.41. The average molecular weight is 262 g/mol. The molecule has 1 heterocycles. The van der Waals surface area contributed by atoms with Crippen molar-refractivity contribution >= 4 is 17.8 Å². The number of rotatable bonds is 4. The Hall–Kier alpha value is -2.21. The molecule has 2 amide bonds. The summed E-state index contributed by atoms with van der Waals surface area (Å²) < 4.78 is 0. The molecule has 1 aliphatic rings. The molecule has 100 valence electrons. The van der Waals surface area contributed by atoms with E-state index in [9.17, 15) is 14.4 Å². The highest BCUT2D eigenvalue weighted by molar-refractivity contribution is 6.21. The standard InChI is InChI=1S/C13H14N2O4/c1-7(2)10(13(18)19)14-15-11(16)8-5-3-4-6-9(8)12(15)17/h3-7,10,14H,1-2H3,(H,18,19). The van der Waals surface area contributed by atoms with Crippen LogP contribution in [0.5, 0.6) is 0 Å². The van der Waals surface area contributed by atoms with Crippen LogP contribution >= 0.6 is 0 Å². The second kappa shape index (κ2) is 4.81. The van der Waals surface area contributed by atoms with E-state index in [0.29, 0.717) is 0 Å². The Morgan fingerprint density at radius 2 is 1.63 bits per heavy atom. The van der Waals surface area contributed by atoms with E-state index >= 15 is 0 Å². The zero-order valence-corrected chi connectivity index (χ0v) is 10.6. The van der Waals surface area contributed by atoms with Crippen LogP contribution in [0.25, 0.3) is 0 Å². The van der Waals surface area contributed by atoms with Gasteiger partial charge in [0.05, 0.1) is 11.1 Å². The number of carboxylic acids is 1. The lowest BCUT2D eigenvalue weighted by atomic mass is 10.1. The molecule has 6 heteroatoms. The normalized spacial score (nSPS) is 15.8. The lowest BCUT2D eigenvalue weighted by Gasteiger charge is -2.23. The Labute approximate surface area is 110 Å². The van der Waals surface area contributed by atoms with E-state index in [0.717, 1.165) is 5.01 Å². The highest BCUT2D eigenvalue weighted by Crippen LogP contribution is 2.21. The predicted octanol–water partition coefficient (Wildman–Crippen LogP) is 0.896. The van der Waals surface area contributed by atoms with Gasteiger partial charge in [-0.25, -0.2) is 10.4 Å². The average Bonchev–Trinajstić information content (AvgIpc) is 2.59. The Morgan fingerprint density at radius 3 is 2.00 bits per heavy atom. The number of carboxylic acid groups (broad SMARTS) is 1. The first-order chi connectivity index (χ1) is 8.93. The molecule has 1 aliphatic heterocycles. The number of hydrogen-bond donors (Lipinski definition) is 2. The molecule has 0 aromatic heterocycles. The summed E-state index contributed by atoms with van der Waals surface area (Å²) in [5.41, 5.74) is 3.07. The van der Waals surface area contributed by atoms with Crippen LogP contribution in [-0.2, 0) is 4.79 Å². The number of benzene rings is 1. The maximum atomic E-state index is 12.0. The van der Waals surface area contributed by atoms with Gasteiger partial charge in [0.15, 0.2) is 0 Å². The lowest BCUT2D eigenvalue weighted by molar-refractivity contribution is -0.141. The van der Waals surface area contributed by atoms with Crippen molar-refractivity contribution in [2.75, 3.05) is 0 Å². The van der Waals surface area contributed by atoms with Crippen molar-refractivity contribution in [2.24, 2.45) is 5.92 Å². The minimum absolute atomic E-state index is 0.262. The van der Waals surface area contributed by atoms with Crippen LogP contribution in [0.1, 0.15) is 34.6 Å². The number of fused-ring (bicyclic) bond motifs is 1. The number of nitrogens with one attached hydrogen (secondary N) is 1. The highest BCUT2D eigenvalue weighted by atomic mass is 16.4. The Kier molecular flexibility index (Phi) is 3.35. The van der Waals surface area contributed by atoms with E-state index in [1.165, 1.54) is 0 Å². The molecule has 1 atom stereocenters. The summed E-state index contributed by atoms with van der Waals surface area (Å²) in [6.07, 6.45) is 0. The van der Waals surface area contributed by atoms with Crippen LogP contribution in [0, 0.1) is 5.92 Å². The van der Waals surface area contributed by atoms with Crippen molar-refractivity contribution in [3.05, 3.63) is 35.4 Å². The second-order valence-electron chi connectivity index (χ2n) is 4.68. The number of aliphatic carboxylic acids is 1. The Bertz CT molecular complexity index is 518. The molecule has 1 aromatic rings. The fourth-order valence-electron chi connectivity index (χ4n) is 1.94. The molecule has 19 heavy (non-hydrogen) atoms. The van der Waals surface area contributed by atoms with Gasteiger partial charge in [-0.2, -0.15) is 0 Å². The van der Waals surface area contributed by atoms with E-state index in [2.05, 4.69) is 5.43 Å². The first-order valence-electron chi connectivity index (χ1n) is 5.90. The van der Waals surface area contributed by atoms with Gasteiger partial charge < -0.3 is 5.11 Å². The zero-order valence-electron chi connectivity index (χ0n) is 10.6. The first kappa shape index (κ1) is 13.2. The number of imide groups is 1. The third-order valence-electron chi connectivity index (χ3n) is 2.99. The molecule has 6 nitrogen and oxygen atoms in total. The molecule has 0 fully saturated rings. The molecule has 0 radical (unpaired) electrons. The zero-order chi connectivity index (χ0) is 14.2. The number of hydrazine groups is 1. The Balaban J connectivity index is 2.27. The van der Waals surface area contributed by atoms with Gasteiger partial charge >= 0.3 is 5.97 Å². The van der Waals surface area contributed by atoms with Crippen LogP contribution in [0.2, 0.25) is 0 Å². The third-order valence-corrected chi connectivity index (χ3v) is 2.99. The molecular weight excluding hydrogens is 248 g/mol. The largest absolute Gasteiger partial charge is 0.480 e. The first-order valence-corrected chi connectivity index (χ1v) is 5.90. The quantitative estimate of drug-likeness (QED) is 0.787. The van der Waals surface area contributed by atoms with Crippen LogP contribution in [0.15, 0.2) is 24.3 Å². The van der Waals surface area contributed by atoms with Gasteiger partial charge in [-0.1, -0.05) is 26.0 Å². The van der Waals surface area contributed by atoms with Crippen LogP contribution in [0.3, 0.4) is 0 Å². The van der Waals surface area contributed by atoms with Crippen molar-refractivity contribution in [1.82, 2.24) is 10.4 Å². The van der Waals surface area contributed by atoms with E-state index < -0.39 is 23.8 Å². The highest BCUT2D eigenvalue weighted by Gasteiger charge is 2.38. The lowest BCUT2D eigenvalue weighted by Crippen LogP contribution is -2.53. The molecule has 2 N–H and O–H groups in total. The molecule has 1 aromatic carbocycles. The summed E-state index contributed by atoms with van der Waals surface area (Å²) in [7, 11) is 0. The minimum Gasteiger partial charge on any atom is -0.480 e. The third kappa shape index (κ3) is 2.22. The minimum atomic E-state index is -1.11. The van der Waals surface area contributed by atoms with Crippen molar-refractivity contribution < 1.29 is 19.5 Å². The topological polar surface area (TPSA) is 86.7 Å². The van der Waals surface area contributed by atoms with E-state index in [4.69, 9.17) is 5.11 Å². The fraction of sp³-hybridized carbons (Fsp3) is 0.308. The maximum absolute atomic E-state index is 12.0. The molecule has 0 bridgehead atoms. The fourth-order valence-corrected chi connectivity index (χ4v) is 1.94. The molecule has 1 unspecified atom stereocenters. The van der Waals surface area contributed by atoms with Gasteiger partial charge in [-0.15, -0.1) is 0 Å².